The highest BCUT2D eigenvalue weighted by molar-refractivity contribution is 8.18. The van der Waals surface area contributed by atoms with Gasteiger partial charge in [0.25, 0.3) is 0 Å². The molecular weight excluding hydrogens is 474 g/mol. The summed E-state index contributed by atoms with van der Waals surface area (Å²) in [5, 5.41) is 33.8. The van der Waals surface area contributed by atoms with Gasteiger partial charge in [0.05, 0.1) is 24.3 Å². The summed E-state index contributed by atoms with van der Waals surface area (Å²) < 4.78 is 11.8. The fraction of sp³-hybridized carbons (Fsp3) is 0.346. The third-order valence-electron chi connectivity index (χ3n) is 6.62. The first-order valence-corrected chi connectivity index (χ1v) is 13.1. The van der Waals surface area contributed by atoms with E-state index < -0.39 is 34.1 Å². The lowest BCUT2D eigenvalue weighted by Crippen LogP contribution is -2.57. The Morgan fingerprint density at radius 2 is 1.88 bits per heavy atom. The fourth-order valence-electron chi connectivity index (χ4n) is 4.98. The van der Waals surface area contributed by atoms with Gasteiger partial charge in [-0.05, 0) is 60.4 Å². The van der Waals surface area contributed by atoms with Gasteiger partial charge in [0.15, 0.2) is 4.93 Å². The lowest BCUT2D eigenvalue weighted by molar-refractivity contribution is -0.115. The largest absolute Gasteiger partial charge is 0.494 e. The van der Waals surface area contributed by atoms with E-state index in [1.54, 1.807) is 6.20 Å². The molecule has 8 heteroatoms. The van der Waals surface area contributed by atoms with Crippen molar-refractivity contribution in [2.45, 2.75) is 46.9 Å². The van der Waals surface area contributed by atoms with Gasteiger partial charge in [-0.15, -0.1) is 0 Å². The highest BCUT2D eigenvalue weighted by atomic mass is 35.5. The summed E-state index contributed by atoms with van der Waals surface area (Å²) in [6, 6.07) is 19.1. The molecule has 2 aliphatic rings. The van der Waals surface area contributed by atoms with Crippen LogP contribution in [0.2, 0.25) is 5.02 Å². The van der Waals surface area contributed by atoms with E-state index >= 15 is 0 Å². The molecule has 34 heavy (non-hydrogen) atoms. The average molecular weight is 502 g/mol. The molecule has 5 rings (SSSR count). The van der Waals surface area contributed by atoms with E-state index in [4.69, 9.17) is 21.1 Å². The molecule has 3 heterocycles. The number of hydrogen-bond acceptors (Lipinski definition) is 6. The zero-order valence-electron chi connectivity index (χ0n) is 18.7. The van der Waals surface area contributed by atoms with Crippen LogP contribution in [0.1, 0.15) is 23.6 Å². The Bertz CT molecular complexity index is 1150. The number of benzene rings is 2. The molecule has 180 valence electrons. The molecule has 6 nitrogen and oxygen atoms in total. The molecule has 2 aliphatic heterocycles. The summed E-state index contributed by atoms with van der Waals surface area (Å²) in [6.07, 6.45) is -1.43. The van der Waals surface area contributed by atoms with Gasteiger partial charge in [0.2, 0.25) is 0 Å². The van der Waals surface area contributed by atoms with E-state index in [1.165, 1.54) is 0 Å². The molecule has 2 aromatic carbocycles. The number of hydrogen-bond donors (Lipinski definition) is 4. The molecule has 6 atom stereocenters. The maximum atomic E-state index is 11.3. The number of thiol groups is 1. The number of halogens is 1. The van der Waals surface area contributed by atoms with Crippen LogP contribution in [0.25, 0.3) is 0 Å². The minimum Gasteiger partial charge on any atom is -0.494 e. The number of ether oxygens (including phenoxy) is 2. The second-order valence-corrected chi connectivity index (χ2v) is 11.6. The summed E-state index contributed by atoms with van der Waals surface area (Å²) in [5.41, 5.74) is 2.68. The van der Waals surface area contributed by atoms with E-state index in [0.717, 1.165) is 27.5 Å². The van der Waals surface area contributed by atoms with Crippen molar-refractivity contribution in [2.75, 3.05) is 13.2 Å². The van der Waals surface area contributed by atoms with Crippen LogP contribution >= 0.6 is 22.5 Å². The molecule has 3 N–H and O–H groups in total. The average Bonchev–Trinajstić information content (AvgIpc) is 3.23. The maximum absolute atomic E-state index is 11.3. The van der Waals surface area contributed by atoms with E-state index in [1.807, 2.05) is 67.6 Å². The molecule has 2 bridgehead atoms. The normalized spacial score (nSPS) is 31.4. The quantitative estimate of drug-likeness (QED) is 0.387. The molecular formula is C26H28ClNO5S. The smallest absolute Gasteiger partial charge is 0.155 e. The first kappa shape index (κ1) is 23.6. The first-order valence-electron chi connectivity index (χ1n) is 11.3. The van der Waals surface area contributed by atoms with Crippen LogP contribution < -0.4 is 4.74 Å². The number of fused-ring (bicyclic) bond motifs is 2. The summed E-state index contributed by atoms with van der Waals surface area (Å²) in [7, 11) is -1.29. The van der Waals surface area contributed by atoms with Gasteiger partial charge >= 0.3 is 0 Å². The van der Waals surface area contributed by atoms with Crippen LogP contribution in [-0.4, -0.2) is 57.1 Å². The summed E-state index contributed by atoms with van der Waals surface area (Å²) >= 11 is 6.58. The van der Waals surface area contributed by atoms with Crippen molar-refractivity contribution in [3.63, 3.8) is 0 Å². The van der Waals surface area contributed by atoms with Crippen molar-refractivity contribution >= 4 is 22.5 Å². The van der Waals surface area contributed by atoms with Crippen molar-refractivity contribution in [3.8, 4) is 5.75 Å². The van der Waals surface area contributed by atoms with Crippen molar-refractivity contribution < 1.29 is 24.8 Å². The Labute approximate surface area is 206 Å². The van der Waals surface area contributed by atoms with Gasteiger partial charge in [-0.2, -0.15) is 10.9 Å². The maximum Gasteiger partial charge on any atom is 0.155 e. The van der Waals surface area contributed by atoms with Crippen molar-refractivity contribution in [3.05, 3.63) is 88.6 Å². The van der Waals surface area contributed by atoms with Gasteiger partial charge < -0.3 is 24.8 Å². The zero-order chi connectivity index (χ0) is 23.9. The number of aliphatic hydroxyl groups excluding tert-OH is 3. The Morgan fingerprint density at radius 3 is 2.59 bits per heavy atom. The summed E-state index contributed by atoms with van der Waals surface area (Å²) in [5.74, 6) is 0.814. The van der Waals surface area contributed by atoms with Crippen molar-refractivity contribution in [2.24, 2.45) is 0 Å². The van der Waals surface area contributed by atoms with Gasteiger partial charge in [-0.1, -0.05) is 41.9 Å². The van der Waals surface area contributed by atoms with Gasteiger partial charge in [0, 0.05) is 16.5 Å². The molecule has 0 saturated carbocycles. The predicted octanol–water partition coefficient (Wildman–Crippen LogP) is 3.43. The van der Waals surface area contributed by atoms with Crippen LogP contribution in [0.3, 0.4) is 0 Å². The zero-order valence-corrected chi connectivity index (χ0v) is 20.4. The number of nitrogens with zero attached hydrogens (tertiary/aromatic N) is 1. The van der Waals surface area contributed by atoms with Gasteiger partial charge in [0.1, 0.15) is 18.0 Å². The minimum atomic E-state index is -1.32. The Kier molecular flexibility index (Phi) is 6.59. The molecule has 0 radical (unpaired) electrons. The van der Waals surface area contributed by atoms with Crippen molar-refractivity contribution in [1.82, 2.24) is 4.98 Å². The number of aliphatic hydroxyl groups is 3. The van der Waals surface area contributed by atoms with Crippen LogP contribution in [0.5, 0.6) is 5.75 Å². The Morgan fingerprint density at radius 1 is 1.09 bits per heavy atom. The van der Waals surface area contributed by atoms with Crippen LogP contribution in [0.4, 0.5) is 0 Å². The van der Waals surface area contributed by atoms with Gasteiger partial charge in [-0.3, -0.25) is 4.98 Å². The van der Waals surface area contributed by atoms with Crippen LogP contribution in [0, 0.1) is 0 Å². The highest BCUT2D eigenvalue weighted by Crippen LogP contribution is 2.67. The van der Waals surface area contributed by atoms with Crippen molar-refractivity contribution in [1.29, 1.82) is 0 Å². The lowest BCUT2D eigenvalue weighted by Gasteiger charge is -2.49. The highest BCUT2D eigenvalue weighted by Gasteiger charge is 2.63. The standard InChI is InChI=1S/C26H28ClNO5S/c1-2-32-19-9-6-16(7-10-19)13-17-14-18(8-11-20(17)27)26-25(31)24(30)23(29)21(15-33-26)34(26)22-5-3-4-12-28-22/h3-12,14,21,23-25,29-31,34H,2,13,15H2,1H3/t21-,23-,24-,25-,26+/m1/s1. The van der Waals surface area contributed by atoms with E-state index in [2.05, 4.69) is 4.98 Å². The second kappa shape index (κ2) is 9.49. The molecule has 0 aliphatic carbocycles. The topological polar surface area (TPSA) is 92.0 Å². The second-order valence-electron chi connectivity index (χ2n) is 8.62. The molecule has 2 fully saturated rings. The first-order chi connectivity index (χ1) is 16.5. The fourth-order valence-corrected chi connectivity index (χ4v) is 8.55. The number of rotatable bonds is 6. The molecule has 0 amide bonds. The van der Waals surface area contributed by atoms with E-state index in [9.17, 15) is 15.3 Å². The summed E-state index contributed by atoms with van der Waals surface area (Å²) in [6.45, 7) is 2.79. The molecule has 3 aromatic rings. The molecule has 2 saturated heterocycles. The molecule has 1 aromatic heterocycles. The Balaban J connectivity index is 1.56. The third kappa shape index (κ3) is 3.90. The number of aromatic nitrogens is 1. The van der Waals surface area contributed by atoms with Crippen LogP contribution in [-0.2, 0) is 16.1 Å². The minimum absolute atomic E-state index is 0.231. The molecule has 0 spiro atoms. The third-order valence-corrected chi connectivity index (χ3v) is 10.2. The molecule has 1 unspecified atom stereocenters. The van der Waals surface area contributed by atoms with E-state index in [-0.39, 0.29) is 11.9 Å². The SMILES string of the molecule is CCOc1ccc(Cc2cc([C@@]34OC[C@H]([C@@H](O)[C@@H](O)[C@H]3O)[SH]4c3ccccn3)ccc2Cl)cc1. The van der Waals surface area contributed by atoms with E-state index in [0.29, 0.717) is 18.1 Å². The lowest BCUT2D eigenvalue weighted by atomic mass is 9.93. The predicted molar refractivity (Wildman–Crippen MR) is 133 cm³/mol. The van der Waals surface area contributed by atoms with Crippen LogP contribution in [0.15, 0.2) is 71.9 Å². The Hall–Kier alpha value is -2.13. The van der Waals surface area contributed by atoms with Gasteiger partial charge in [-0.25, -0.2) is 0 Å². The number of pyridine rings is 1. The monoisotopic (exact) mass is 501 g/mol. The summed E-state index contributed by atoms with van der Waals surface area (Å²) in [4.78, 5) is 3.36.